The number of anilines is 1. The summed E-state index contributed by atoms with van der Waals surface area (Å²) in [6, 6.07) is 11.4. The third kappa shape index (κ3) is 3.95. The second kappa shape index (κ2) is 7.07. The Morgan fingerprint density at radius 2 is 1.82 bits per heavy atom. The number of hydrogen-bond acceptors (Lipinski definition) is 6. The number of azo groups is 1. The normalized spacial score (nSPS) is 10.5. The van der Waals surface area contributed by atoms with Crippen molar-refractivity contribution in [3.8, 4) is 11.5 Å². The van der Waals surface area contributed by atoms with Gasteiger partial charge >= 0.3 is 6.09 Å². The van der Waals surface area contributed by atoms with Crippen molar-refractivity contribution in [3.05, 3.63) is 42.5 Å². The Kier molecular flexibility index (Phi) is 4.92. The molecule has 2 aromatic carbocycles. The van der Waals surface area contributed by atoms with Gasteiger partial charge in [-0.25, -0.2) is 4.79 Å². The Balaban J connectivity index is 2.12. The van der Waals surface area contributed by atoms with Crippen molar-refractivity contribution in [1.29, 1.82) is 0 Å². The molecule has 0 atom stereocenters. The van der Waals surface area contributed by atoms with Crippen LogP contribution in [0.15, 0.2) is 52.7 Å². The standard InChI is InChI=1S/C15H15N3O4/c1-21-12-7-8-14(19)13(9-12)18-17-11-5-3-10(4-6-11)16-15(20)22-2/h3-9,19H,1-2H3,(H,16,20). The van der Waals surface area contributed by atoms with Crippen LogP contribution in [0.25, 0.3) is 0 Å². The SMILES string of the molecule is COC(=O)Nc1ccc(N=Nc2cc(OC)ccc2O)cc1. The third-order valence-corrected chi connectivity index (χ3v) is 2.75. The van der Waals surface area contributed by atoms with Crippen LogP contribution in [-0.2, 0) is 4.74 Å². The van der Waals surface area contributed by atoms with E-state index in [1.165, 1.54) is 20.3 Å². The minimum atomic E-state index is -0.546. The summed E-state index contributed by atoms with van der Waals surface area (Å²) in [5.74, 6) is 0.581. The first kappa shape index (κ1) is 15.3. The maximum atomic E-state index is 11.1. The van der Waals surface area contributed by atoms with Gasteiger partial charge in [-0.05, 0) is 36.4 Å². The highest BCUT2D eigenvalue weighted by Gasteiger charge is 2.03. The average molecular weight is 301 g/mol. The van der Waals surface area contributed by atoms with E-state index in [4.69, 9.17) is 4.74 Å². The molecule has 22 heavy (non-hydrogen) atoms. The van der Waals surface area contributed by atoms with E-state index in [0.29, 0.717) is 22.8 Å². The lowest BCUT2D eigenvalue weighted by Crippen LogP contribution is -2.10. The number of amides is 1. The van der Waals surface area contributed by atoms with E-state index in [1.54, 1.807) is 36.4 Å². The highest BCUT2D eigenvalue weighted by Crippen LogP contribution is 2.31. The number of phenols is 1. The third-order valence-electron chi connectivity index (χ3n) is 2.75. The molecule has 7 nitrogen and oxygen atoms in total. The summed E-state index contributed by atoms with van der Waals surface area (Å²) >= 11 is 0. The van der Waals surface area contributed by atoms with Gasteiger partial charge in [0, 0.05) is 11.8 Å². The fourth-order valence-electron chi connectivity index (χ4n) is 1.60. The molecule has 0 heterocycles. The molecule has 0 saturated heterocycles. The van der Waals surface area contributed by atoms with Crippen LogP contribution in [0, 0.1) is 0 Å². The zero-order chi connectivity index (χ0) is 15.9. The van der Waals surface area contributed by atoms with E-state index in [-0.39, 0.29) is 5.75 Å². The number of rotatable bonds is 4. The Morgan fingerprint density at radius 3 is 2.45 bits per heavy atom. The lowest BCUT2D eigenvalue weighted by Gasteiger charge is -2.03. The molecule has 0 bridgehead atoms. The molecule has 0 radical (unpaired) electrons. The number of nitrogens with zero attached hydrogens (tertiary/aromatic N) is 2. The summed E-state index contributed by atoms with van der Waals surface area (Å²) in [6.07, 6.45) is -0.546. The molecular weight excluding hydrogens is 286 g/mol. The molecule has 0 aliphatic carbocycles. The lowest BCUT2D eigenvalue weighted by molar-refractivity contribution is 0.187. The van der Waals surface area contributed by atoms with Gasteiger partial charge in [-0.2, -0.15) is 5.11 Å². The predicted octanol–water partition coefficient (Wildman–Crippen LogP) is 3.99. The van der Waals surface area contributed by atoms with Crippen LogP contribution in [0.1, 0.15) is 0 Å². The number of nitrogens with one attached hydrogen (secondary N) is 1. The maximum absolute atomic E-state index is 11.1. The van der Waals surface area contributed by atoms with Crippen LogP contribution in [0.5, 0.6) is 11.5 Å². The van der Waals surface area contributed by atoms with Gasteiger partial charge in [0.2, 0.25) is 0 Å². The van der Waals surface area contributed by atoms with Crippen molar-refractivity contribution in [2.24, 2.45) is 10.2 Å². The summed E-state index contributed by atoms with van der Waals surface area (Å²) in [5.41, 5.74) is 1.45. The molecule has 1 amide bonds. The number of phenolic OH excluding ortho intramolecular Hbond substituents is 1. The Hall–Kier alpha value is -3.09. The van der Waals surface area contributed by atoms with Crippen LogP contribution < -0.4 is 10.1 Å². The van der Waals surface area contributed by atoms with Crippen LogP contribution in [-0.4, -0.2) is 25.4 Å². The van der Waals surface area contributed by atoms with Crippen molar-refractivity contribution < 1.29 is 19.4 Å². The van der Waals surface area contributed by atoms with E-state index in [2.05, 4.69) is 20.3 Å². The van der Waals surface area contributed by atoms with Gasteiger partial charge in [-0.1, -0.05) is 0 Å². The van der Waals surface area contributed by atoms with Gasteiger partial charge in [0.25, 0.3) is 0 Å². The van der Waals surface area contributed by atoms with Gasteiger partial charge in [0.05, 0.1) is 19.9 Å². The van der Waals surface area contributed by atoms with Crippen molar-refractivity contribution >= 4 is 23.2 Å². The van der Waals surface area contributed by atoms with Crippen molar-refractivity contribution in [2.45, 2.75) is 0 Å². The lowest BCUT2D eigenvalue weighted by atomic mass is 10.3. The fraction of sp³-hybridized carbons (Fsp3) is 0.133. The number of ether oxygens (including phenoxy) is 2. The van der Waals surface area contributed by atoms with Gasteiger partial charge < -0.3 is 14.6 Å². The second-order valence-electron chi connectivity index (χ2n) is 4.22. The monoisotopic (exact) mass is 301 g/mol. The number of benzene rings is 2. The number of methoxy groups -OCH3 is 2. The van der Waals surface area contributed by atoms with Gasteiger partial charge in [0.15, 0.2) is 0 Å². The summed E-state index contributed by atoms with van der Waals surface area (Å²) in [4.78, 5) is 11.1. The molecule has 0 spiro atoms. The van der Waals surface area contributed by atoms with E-state index in [1.807, 2.05) is 0 Å². The average Bonchev–Trinajstić information content (AvgIpc) is 2.55. The molecule has 2 N–H and O–H groups in total. The van der Waals surface area contributed by atoms with Crippen LogP contribution >= 0.6 is 0 Å². The predicted molar refractivity (Wildman–Crippen MR) is 81.3 cm³/mol. The quantitative estimate of drug-likeness (QED) is 0.835. The van der Waals surface area contributed by atoms with Gasteiger partial charge in [0.1, 0.15) is 17.2 Å². The van der Waals surface area contributed by atoms with Crippen LogP contribution in [0.2, 0.25) is 0 Å². The minimum absolute atomic E-state index is 0.00790. The summed E-state index contributed by atoms with van der Waals surface area (Å²) in [6.45, 7) is 0. The molecular formula is C15H15N3O4. The smallest absolute Gasteiger partial charge is 0.411 e. The van der Waals surface area contributed by atoms with Gasteiger partial charge in [-0.3, -0.25) is 5.32 Å². The zero-order valence-electron chi connectivity index (χ0n) is 12.1. The molecule has 0 fully saturated rings. The first-order chi connectivity index (χ1) is 10.6. The van der Waals surface area contributed by atoms with Crippen molar-refractivity contribution in [3.63, 3.8) is 0 Å². The maximum Gasteiger partial charge on any atom is 0.411 e. The second-order valence-corrected chi connectivity index (χ2v) is 4.22. The zero-order valence-corrected chi connectivity index (χ0v) is 12.1. The molecule has 0 saturated carbocycles. The van der Waals surface area contributed by atoms with Crippen molar-refractivity contribution in [2.75, 3.05) is 19.5 Å². The molecule has 0 aliphatic heterocycles. The molecule has 114 valence electrons. The van der Waals surface area contributed by atoms with Crippen LogP contribution in [0.3, 0.4) is 0 Å². The fourth-order valence-corrected chi connectivity index (χ4v) is 1.60. The molecule has 7 heteroatoms. The number of carbonyl (C=O) groups is 1. The topological polar surface area (TPSA) is 92.5 Å². The first-order valence-electron chi connectivity index (χ1n) is 6.36. The molecule has 0 unspecified atom stereocenters. The minimum Gasteiger partial charge on any atom is -0.506 e. The van der Waals surface area contributed by atoms with Crippen molar-refractivity contribution in [1.82, 2.24) is 0 Å². The van der Waals surface area contributed by atoms with E-state index < -0.39 is 6.09 Å². The number of carbonyl (C=O) groups excluding carboxylic acids is 1. The summed E-state index contributed by atoms with van der Waals surface area (Å²) in [7, 11) is 2.82. The Labute approximate surface area is 127 Å². The number of hydrogen-bond donors (Lipinski definition) is 2. The van der Waals surface area contributed by atoms with E-state index >= 15 is 0 Å². The number of aromatic hydroxyl groups is 1. The summed E-state index contributed by atoms with van der Waals surface area (Å²) < 4.78 is 9.55. The largest absolute Gasteiger partial charge is 0.506 e. The van der Waals surface area contributed by atoms with Crippen LogP contribution in [0.4, 0.5) is 21.9 Å². The highest BCUT2D eigenvalue weighted by molar-refractivity contribution is 5.84. The highest BCUT2D eigenvalue weighted by atomic mass is 16.5. The molecule has 0 aromatic heterocycles. The molecule has 0 aliphatic rings. The van der Waals surface area contributed by atoms with E-state index in [9.17, 15) is 9.90 Å². The molecule has 2 aromatic rings. The summed E-state index contributed by atoms with van der Waals surface area (Å²) in [5, 5.41) is 20.2. The Bertz CT molecular complexity index is 684. The van der Waals surface area contributed by atoms with E-state index in [0.717, 1.165) is 0 Å². The Morgan fingerprint density at radius 1 is 1.09 bits per heavy atom. The molecule has 2 rings (SSSR count). The first-order valence-corrected chi connectivity index (χ1v) is 6.36. The van der Waals surface area contributed by atoms with Gasteiger partial charge in [-0.15, -0.1) is 5.11 Å².